The van der Waals surface area contributed by atoms with E-state index in [9.17, 15) is 4.79 Å². The Kier molecular flexibility index (Phi) is 3.71. The number of nitrogens with zero attached hydrogens (tertiary/aromatic N) is 2. The molecular formula is C9H14N2O2. The van der Waals surface area contributed by atoms with Crippen LogP contribution in [0.4, 0.5) is 0 Å². The number of cyclic esters (lactones) is 1. The van der Waals surface area contributed by atoms with Crippen LogP contribution in [0.2, 0.25) is 0 Å². The molecule has 0 spiro atoms. The standard InChI is InChI=1S/C9H14N2O2/c1-2-11(6-3-5-10)8-4-7-13-9(8)12/h8H,2-4,6-7H2,1H3. The molecule has 0 bridgehead atoms. The van der Waals surface area contributed by atoms with Crippen molar-refractivity contribution in [1.29, 1.82) is 5.26 Å². The average Bonchev–Trinajstić information content (AvgIpc) is 2.54. The number of hydrogen-bond acceptors (Lipinski definition) is 4. The average molecular weight is 182 g/mol. The zero-order chi connectivity index (χ0) is 9.68. The molecule has 0 aromatic carbocycles. The van der Waals surface area contributed by atoms with Gasteiger partial charge in [0.25, 0.3) is 0 Å². The third-order valence-electron chi connectivity index (χ3n) is 2.27. The van der Waals surface area contributed by atoms with Gasteiger partial charge in [-0.25, -0.2) is 0 Å². The lowest BCUT2D eigenvalue weighted by Crippen LogP contribution is -2.38. The molecule has 1 heterocycles. The van der Waals surface area contributed by atoms with E-state index < -0.39 is 0 Å². The molecule has 1 unspecified atom stereocenters. The third-order valence-corrected chi connectivity index (χ3v) is 2.27. The van der Waals surface area contributed by atoms with Crippen molar-refractivity contribution >= 4 is 5.97 Å². The largest absolute Gasteiger partial charge is 0.464 e. The number of carbonyl (C=O) groups is 1. The highest BCUT2D eigenvalue weighted by Crippen LogP contribution is 2.13. The highest BCUT2D eigenvalue weighted by Gasteiger charge is 2.30. The zero-order valence-electron chi connectivity index (χ0n) is 7.82. The van der Waals surface area contributed by atoms with Gasteiger partial charge in [-0.2, -0.15) is 5.26 Å². The van der Waals surface area contributed by atoms with Gasteiger partial charge in [0.15, 0.2) is 0 Å². The zero-order valence-corrected chi connectivity index (χ0v) is 7.82. The topological polar surface area (TPSA) is 53.3 Å². The van der Waals surface area contributed by atoms with Crippen molar-refractivity contribution in [2.75, 3.05) is 19.7 Å². The number of rotatable bonds is 4. The van der Waals surface area contributed by atoms with Gasteiger partial charge >= 0.3 is 5.97 Å². The van der Waals surface area contributed by atoms with Crippen LogP contribution in [-0.4, -0.2) is 36.6 Å². The summed E-state index contributed by atoms with van der Waals surface area (Å²) in [6, 6.07) is 1.96. The molecule has 4 heteroatoms. The Labute approximate surface area is 78.1 Å². The molecule has 0 amide bonds. The normalized spacial score (nSPS) is 21.6. The van der Waals surface area contributed by atoms with Crippen molar-refractivity contribution in [2.45, 2.75) is 25.8 Å². The molecule has 4 nitrogen and oxygen atoms in total. The summed E-state index contributed by atoms with van der Waals surface area (Å²) in [5.74, 6) is -0.139. The van der Waals surface area contributed by atoms with E-state index in [4.69, 9.17) is 10.00 Å². The molecule has 0 N–H and O–H groups in total. The van der Waals surface area contributed by atoms with Crippen molar-refractivity contribution in [2.24, 2.45) is 0 Å². The maximum atomic E-state index is 11.2. The second kappa shape index (κ2) is 4.83. The molecule has 0 aromatic rings. The molecule has 1 aliphatic rings. The predicted octanol–water partition coefficient (Wildman–Crippen LogP) is 0.537. The Morgan fingerprint density at radius 1 is 1.77 bits per heavy atom. The fourth-order valence-electron chi connectivity index (χ4n) is 1.54. The van der Waals surface area contributed by atoms with Crippen LogP contribution >= 0.6 is 0 Å². The summed E-state index contributed by atoms with van der Waals surface area (Å²) in [6.45, 7) is 3.96. The number of nitriles is 1. The number of likely N-dealkylation sites (N-methyl/N-ethyl adjacent to an activating group) is 1. The summed E-state index contributed by atoms with van der Waals surface area (Å²) < 4.78 is 4.86. The first kappa shape index (κ1) is 10.0. The fourth-order valence-corrected chi connectivity index (χ4v) is 1.54. The quantitative estimate of drug-likeness (QED) is 0.595. The number of ether oxygens (including phenoxy) is 1. The third kappa shape index (κ3) is 2.43. The van der Waals surface area contributed by atoms with Gasteiger partial charge in [-0.15, -0.1) is 0 Å². The van der Waals surface area contributed by atoms with Crippen LogP contribution in [-0.2, 0) is 9.53 Å². The minimum absolute atomic E-state index is 0.113. The summed E-state index contributed by atoms with van der Waals surface area (Å²) in [5, 5.41) is 8.43. The lowest BCUT2D eigenvalue weighted by atomic mass is 10.2. The molecule has 1 rings (SSSR count). The minimum atomic E-state index is -0.139. The lowest BCUT2D eigenvalue weighted by Gasteiger charge is -2.22. The maximum Gasteiger partial charge on any atom is 0.323 e. The first-order valence-electron chi connectivity index (χ1n) is 4.57. The Morgan fingerprint density at radius 3 is 3.00 bits per heavy atom. The van der Waals surface area contributed by atoms with E-state index in [-0.39, 0.29) is 12.0 Å². The number of hydrogen-bond donors (Lipinski definition) is 0. The van der Waals surface area contributed by atoms with Crippen molar-refractivity contribution in [3.63, 3.8) is 0 Å². The van der Waals surface area contributed by atoms with E-state index in [0.29, 0.717) is 19.6 Å². The summed E-state index contributed by atoms with van der Waals surface area (Å²) in [4.78, 5) is 13.2. The second-order valence-corrected chi connectivity index (χ2v) is 3.01. The van der Waals surface area contributed by atoms with E-state index in [2.05, 4.69) is 6.07 Å². The van der Waals surface area contributed by atoms with Crippen molar-refractivity contribution in [1.82, 2.24) is 4.90 Å². The van der Waals surface area contributed by atoms with Crippen LogP contribution in [0.3, 0.4) is 0 Å². The molecule has 0 radical (unpaired) electrons. The molecule has 13 heavy (non-hydrogen) atoms. The van der Waals surface area contributed by atoms with Gasteiger partial charge in [-0.1, -0.05) is 6.92 Å². The molecule has 0 aliphatic carbocycles. The van der Waals surface area contributed by atoms with Gasteiger partial charge < -0.3 is 4.74 Å². The van der Waals surface area contributed by atoms with Gasteiger partial charge in [-0.3, -0.25) is 9.69 Å². The molecule has 72 valence electrons. The van der Waals surface area contributed by atoms with Crippen LogP contribution < -0.4 is 0 Å². The van der Waals surface area contributed by atoms with Crippen molar-refractivity contribution in [3.8, 4) is 6.07 Å². The highest BCUT2D eigenvalue weighted by molar-refractivity contribution is 5.77. The van der Waals surface area contributed by atoms with E-state index in [1.165, 1.54) is 0 Å². The second-order valence-electron chi connectivity index (χ2n) is 3.01. The molecule has 1 aliphatic heterocycles. The van der Waals surface area contributed by atoms with E-state index in [0.717, 1.165) is 13.0 Å². The summed E-state index contributed by atoms with van der Waals surface area (Å²) in [5.41, 5.74) is 0. The molecular weight excluding hydrogens is 168 g/mol. The van der Waals surface area contributed by atoms with E-state index in [1.54, 1.807) is 0 Å². The summed E-state index contributed by atoms with van der Waals surface area (Å²) >= 11 is 0. The van der Waals surface area contributed by atoms with Gasteiger partial charge in [0.1, 0.15) is 6.04 Å². The van der Waals surface area contributed by atoms with E-state index in [1.807, 2.05) is 11.8 Å². The molecule has 0 aromatic heterocycles. The lowest BCUT2D eigenvalue weighted by molar-refractivity contribution is -0.142. The first-order valence-corrected chi connectivity index (χ1v) is 4.57. The highest BCUT2D eigenvalue weighted by atomic mass is 16.5. The van der Waals surface area contributed by atoms with Gasteiger partial charge in [0, 0.05) is 19.4 Å². The molecule has 1 atom stereocenters. The Hall–Kier alpha value is -1.08. The SMILES string of the molecule is CCN(CCC#N)C1CCOC1=O. The van der Waals surface area contributed by atoms with Gasteiger partial charge in [0.2, 0.25) is 0 Å². The Bertz CT molecular complexity index is 222. The number of esters is 1. The smallest absolute Gasteiger partial charge is 0.323 e. The number of carbonyl (C=O) groups excluding carboxylic acids is 1. The minimum Gasteiger partial charge on any atom is -0.464 e. The maximum absolute atomic E-state index is 11.2. The molecule has 1 fully saturated rings. The van der Waals surface area contributed by atoms with Gasteiger partial charge in [0.05, 0.1) is 12.7 Å². The molecule has 1 saturated heterocycles. The van der Waals surface area contributed by atoms with E-state index >= 15 is 0 Å². The summed E-state index contributed by atoms with van der Waals surface area (Å²) in [7, 11) is 0. The van der Waals surface area contributed by atoms with Crippen molar-refractivity contribution in [3.05, 3.63) is 0 Å². The van der Waals surface area contributed by atoms with Crippen LogP contribution in [0.15, 0.2) is 0 Å². The van der Waals surface area contributed by atoms with Crippen LogP contribution in [0, 0.1) is 11.3 Å². The summed E-state index contributed by atoms with van der Waals surface area (Å²) in [6.07, 6.45) is 1.23. The monoisotopic (exact) mass is 182 g/mol. The van der Waals surface area contributed by atoms with Crippen LogP contribution in [0.5, 0.6) is 0 Å². The predicted molar refractivity (Wildman–Crippen MR) is 46.8 cm³/mol. The van der Waals surface area contributed by atoms with Crippen LogP contribution in [0.25, 0.3) is 0 Å². The first-order chi connectivity index (χ1) is 6.29. The fraction of sp³-hybridized carbons (Fsp3) is 0.778. The molecule has 0 saturated carbocycles. The Morgan fingerprint density at radius 2 is 2.54 bits per heavy atom. The Balaban J connectivity index is 2.45. The van der Waals surface area contributed by atoms with Crippen LogP contribution in [0.1, 0.15) is 19.8 Å². The van der Waals surface area contributed by atoms with Gasteiger partial charge in [-0.05, 0) is 6.54 Å². The van der Waals surface area contributed by atoms with Crippen molar-refractivity contribution < 1.29 is 9.53 Å².